The van der Waals surface area contributed by atoms with Crippen molar-refractivity contribution in [1.82, 2.24) is 5.32 Å². The molecule has 1 aliphatic heterocycles. The highest BCUT2D eigenvalue weighted by Crippen LogP contribution is 2.23. The summed E-state index contributed by atoms with van der Waals surface area (Å²) in [5, 5.41) is 7.41. The van der Waals surface area contributed by atoms with Gasteiger partial charge in [-0.1, -0.05) is 18.2 Å². The normalized spacial score (nSPS) is 15.2. The van der Waals surface area contributed by atoms with E-state index in [2.05, 4.69) is 28.2 Å². The van der Waals surface area contributed by atoms with Crippen molar-refractivity contribution in [3.05, 3.63) is 52.2 Å². The van der Waals surface area contributed by atoms with Gasteiger partial charge in [-0.2, -0.15) is 11.3 Å². The lowest BCUT2D eigenvalue weighted by atomic mass is 10.1. The van der Waals surface area contributed by atoms with Crippen LogP contribution in [-0.4, -0.2) is 19.0 Å². The molecular formula is C15H16N2OS. The Morgan fingerprint density at radius 2 is 2.11 bits per heavy atom. The number of carbonyl (C=O) groups is 1. The number of rotatable bonds is 3. The average molecular weight is 272 g/mol. The summed E-state index contributed by atoms with van der Waals surface area (Å²) in [6.07, 6.45) is 0.906. The van der Waals surface area contributed by atoms with Crippen molar-refractivity contribution in [2.75, 3.05) is 18.0 Å². The van der Waals surface area contributed by atoms with Gasteiger partial charge in [-0.05, 0) is 40.4 Å². The Bertz CT molecular complexity index is 565. The maximum atomic E-state index is 12.2. The van der Waals surface area contributed by atoms with Gasteiger partial charge in [-0.15, -0.1) is 0 Å². The molecule has 3 rings (SSSR count). The monoisotopic (exact) mass is 272 g/mol. The van der Waals surface area contributed by atoms with Crippen LogP contribution in [-0.2, 0) is 17.8 Å². The average Bonchev–Trinajstić information content (AvgIpc) is 2.88. The summed E-state index contributed by atoms with van der Waals surface area (Å²) in [5.41, 5.74) is 3.54. The van der Waals surface area contributed by atoms with Crippen molar-refractivity contribution in [1.29, 1.82) is 0 Å². The van der Waals surface area contributed by atoms with E-state index in [0.29, 0.717) is 6.54 Å². The van der Waals surface area contributed by atoms with Crippen molar-refractivity contribution in [2.45, 2.75) is 13.0 Å². The molecular weight excluding hydrogens is 256 g/mol. The third-order valence-electron chi connectivity index (χ3n) is 3.38. The van der Waals surface area contributed by atoms with Gasteiger partial charge in [0, 0.05) is 18.8 Å². The van der Waals surface area contributed by atoms with Gasteiger partial charge in [-0.25, -0.2) is 0 Å². The number of fused-ring (bicyclic) bond motifs is 1. The Kier molecular flexibility index (Phi) is 3.62. The van der Waals surface area contributed by atoms with Crippen LogP contribution in [0.4, 0.5) is 5.69 Å². The van der Waals surface area contributed by atoms with Gasteiger partial charge in [0.25, 0.3) is 0 Å². The molecule has 1 N–H and O–H groups in total. The number of amides is 1. The first-order valence-electron chi connectivity index (χ1n) is 6.44. The SMILES string of the molecule is O=C1CNCc2ccccc2N1CCc1ccsc1. The van der Waals surface area contributed by atoms with Crippen molar-refractivity contribution in [2.24, 2.45) is 0 Å². The third-order valence-corrected chi connectivity index (χ3v) is 4.11. The van der Waals surface area contributed by atoms with E-state index in [-0.39, 0.29) is 5.91 Å². The summed E-state index contributed by atoms with van der Waals surface area (Å²) in [6.45, 7) is 1.92. The Labute approximate surface area is 116 Å². The van der Waals surface area contributed by atoms with E-state index in [0.717, 1.165) is 25.2 Å². The lowest BCUT2D eigenvalue weighted by Crippen LogP contribution is -2.36. The molecule has 19 heavy (non-hydrogen) atoms. The van der Waals surface area contributed by atoms with Crippen molar-refractivity contribution in [3.8, 4) is 0 Å². The van der Waals surface area contributed by atoms with Gasteiger partial charge in [0.2, 0.25) is 5.91 Å². The number of nitrogens with one attached hydrogen (secondary N) is 1. The van der Waals surface area contributed by atoms with Crippen LogP contribution in [0.15, 0.2) is 41.1 Å². The van der Waals surface area contributed by atoms with E-state index in [1.807, 2.05) is 23.1 Å². The number of para-hydroxylation sites is 1. The zero-order valence-electron chi connectivity index (χ0n) is 10.6. The first-order chi connectivity index (χ1) is 9.34. The van der Waals surface area contributed by atoms with Crippen LogP contribution >= 0.6 is 11.3 Å². The molecule has 0 fully saturated rings. The fraction of sp³-hybridized carbons (Fsp3) is 0.267. The number of thiophene rings is 1. The summed E-state index contributed by atoms with van der Waals surface area (Å²) in [4.78, 5) is 14.1. The molecule has 2 heterocycles. The third kappa shape index (κ3) is 2.69. The maximum Gasteiger partial charge on any atom is 0.240 e. The number of hydrogen-bond acceptors (Lipinski definition) is 3. The minimum absolute atomic E-state index is 0.153. The van der Waals surface area contributed by atoms with Gasteiger partial charge in [0.05, 0.1) is 6.54 Å². The molecule has 0 saturated heterocycles. The van der Waals surface area contributed by atoms with Crippen molar-refractivity contribution >= 4 is 22.9 Å². The summed E-state index contributed by atoms with van der Waals surface area (Å²) in [7, 11) is 0. The fourth-order valence-electron chi connectivity index (χ4n) is 2.38. The summed E-state index contributed by atoms with van der Waals surface area (Å²) < 4.78 is 0. The lowest BCUT2D eigenvalue weighted by molar-refractivity contribution is -0.117. The van der Waals surface area contributed by atoms with Gasteiger partial charge in [-0.3, -0.25) is 4.79 Å². The Morgan fingerprint density at radius 1 is 1.21 bits per heavy atom. The van der Waals surface area contributed by atoms with Crippen LogP contribution in [0.3, 0.4) is 0 Å². The zero-order chi connectivity index (χ0) is 13.1. The van der Waals surface area contributed by atoms with Crippen LogP contribution in [0.5, 0.6) is 0 Å². The number of nitrogens with zero attached hydrogens (tertiary/aromatic N) is 1. The van der Waals surface area contributed by atoms with Crippen LogP contribution in [0.2, 0.25) is 0 Å². The van der Waals surface area contributed by atoms with E-state index >= 15 is 0 Å². The Balaban J connectivity index is 1.83. The smallest absolute Gasteiger partial charge is 0.240 e. The van der Waals surface area contributed by atoms with E-state index < -0.39 is 0 Å². The Morgan fingerprint density at radius 3 is 2.95 bits per heavy atom. The molecule has 1 amide bonds. The number of anilines is 1. The first-order valence-corrected chi connectivity index (χ1v) is 7.39. The van der Waals surface area contributed by atoms with Crippen LogP contribution in [0.25, 0.3) is 0 Å². The molecule has 1 aliphatic rings. The van der Waals surface area contributed by atoms with E-state index in [1.54, 1.807) is 11.3 Å². The van der Waals surface area contributed by atoms with Gasteiger partial charge >= 0.3 is 0 Å². The second-order valence-electron chi connectivity index (χ2n) is 4.66. The van der Waals surface area contributed by atoms with Crippen molar-refractivity contribution in [3.63, 3.8) is 0 Å². The molecule has 0 aliphatic carbocycles. The van der Waals surface area contributed by atoms with E-state index in [9.17, 15) is 4.79 Å². The molecule has 3 nitrogen and oxygen atoms in total. The number of hydrogen-bond donors (Lipinski definition) is 1. The molecule has 1 aromatic heterocycles. The van der Waals surface area contributed by atoms with Crippen molar-refractivity contribution < 1.29 is 4.79 Å². The predicted molar refractivity (Wildman–Crippen MR) is 78.5 cm³/mol. The highest BCUT2D eigenvalue weighted by molar-refractivity contribution is 7.07. The van der Waals surface area contributed by atoms with Crippen LogP contribution in [0.1, 0.15) is 11.1 Å². The molecule has 1 aromatic carbocycles. The topological polar surface area (TPSA) is 32.3 Å². The molecule has 0 saturated carbocycles. The predicted octanol–water partition coefficient (Wildman–Crippen LogP) is 2.43. The molecule has 0 radical (unpaired) electrons. The molecule has 0 bridgehead atoms. The Hall–Kier alpha value is -1.65. The molecule has 98 valence electrons. The zero-order valence-corrected chi connectivity index (χ0v) is 11.5. The second kappa shape index (κ2) is 5.55. The standard InChI is InChI=1S/C15H16N2OS/c18-15-10-16-9-13-3-1-2-4-14(13)17(15)7-5-12-6-8-19-11-12/h1-4,6,8,11,16H,5,7,9-10H2. The fourth-order valence-corrected chi connectivity index (χ4v) is 3.08. The van der Waals surface area contributed by atoms with E-state index in [4.69, 9.17) is 0 Å². The summed E-state index contributed by atoms with van der Waals surface area (Å²) >= 11 is 1.70. The van der Waals surface area contributed by atoms with Crippen LogP contribution in [0, 0.1) is 0 Å². The first kappa shape index (κ1) is 12.4. The summed E-state index contributed by atoms with van der Waals surface area (Å²) in [5.74, 6) is 0.153. The second-order valence-corrected chi connectivity index (χ2v) is 5.44. The minimum Gasteiger partial charge on any atom is -0.311 e. The van der Waals surface area contributed by atoms with Gasteiger partial charge in [0.15, 0.2) is 0 Å². The number of carbonyl (C=O) groups excluding carboxylic acids is 1. The van der Waals surface area contributed by atoms with E-state index in [1.165, 1.54) is 11.1 Å². The van der Waals surface area contributed by atoms with Gasteiger partial charge in [0.1, 0.15) is 0 Å². The summed E-state index contributed by atoms with van der Waals surface area (Å²) in [6, 6.07) is 10.3. The molecule has 4 heteroatoms. The highest BCUT2D eigenvalue weighted by Gasteiger charge is 2.21. The van der Waals surface area contributed by atoms with Crippen LogP contribution < -0.4 is 10.2 Å². The number of benzene rings is 1. The maximum absolute atomic E-state index is 12.2. The highest BCUT2D eigenvalue weighted by atomic mass is 32.1. The molecule has 0 atom stereocenters. The molecule has 0 unspecified atom stereocenters. The minimum atomic E-state index is 0.153. The van der Waals surface area contributed by atoms with Gasteiger partial charge < -0.3 is 10.2 Å². The molecule has 0 spiro atoms. The molecule has 2 aromatic rings. The lowest BCUT2D eigenvalue weighted by Gasteiger charge is -2.22. The largest absolute Gasteiger partial charge is 0.311 e. The quantitative estimate of drug-likeness (QED) is 0.930.